The van der Waals surface area contributed by atoms with Gasteiger partial charge in [-0.2, -0.15) is 0 Å². The average Bonchev–Trinajstić information content (AvgIpc) is 0.742. The predicted octanol–water partition coefficient (Wildman–Crippen LogP) is 32.5. The molecule has 0 spiro atoms. The van der Waals surface area contributed by atoms with Crippen LogP contribution in [0.1, 0.15) is 229 Å². The van der Waals surface area contributed by atoms with Gasteiger partial charge in [-0.25, -0.2) is 0 Å². The smallest absolute Gasteiger partial charge is 0.126 e. The van der Waals surface area contributed by atoms with Crippen LogP contribution in [0.15, 0.2) is 218 Å². The molecule has 0 atom stereocenters. The molecule has 0 aliphatic heterocycles. The SMILES string of the molecule is CCCCCC[Si](C#Cc1c2cc3ccccc3cc2c(C#CC#Cc2c3cc4ccccc4cc3c(C#CC#Cc3c4cc5ccccc5cc4c(C#C[Si](CCCCCC)(CCCCCC)CCCCCC)c4cc5ccccc5cc34)c3cc4ccccc4cc23)c2cc3ccccc3cc12)(CCCCCC)CCCCCC. The summed E-state index contributed by atoms with van der Waals surface area (Å²) in [6, 6.07) is 89.1. The number of benzene rings is 15. The second kappa shape index (κ2) is 38.8. The molecular weight excluding hydrogens is 1430 g/mol. The van der Waals surface area contributed by atoms with Gasteiger partial charge in [0, 0.05) is 33.4 Å². The molecule has 0 aromatic heterocycles. The second-order valence-corrected chi connectivity index (χ2v) is 42.3. The number of hydrogen-bond acceptors (Lipinski definition) is 0. The van der Waals surface area contributed by atoms with Crippen LogP contribution in [0.2, 0.25) is 36.3 Å². The second-order valence-electron chi connectivity index (χ2n) is 33.6. The van der Waals surface area contributed by atoms with Gasteiger partial charge in [0.15, 0.2) is 0 Å². The molecule has 0 amide bonds. The van der Waals surface area contributed by atoms with E-state index in [-0.39, 0.29) is 0 Å². The quantitative estimate of drug-likeness (QED) is 0.0182. The zero-order chi connectivity index (χ0) is 79.5. The van der Waals surface area contributed by atoms with E-state index in [1.165, 1.54) is 255 Å². The van der Waals surface area contributed by atoms with Crippen LogP contribution in [0.5, 0.6) is 0 Å². The van der Waals surface area contributed by atoms with Gasteiger partial charge < -0.3 is 0 Å². The lowest BCUT2D eigenvalue weighted by molar-refractivity contribution is 0.668. The molecule has 0 aliphatic rings. The Hall–Kier alpha value is -10.8. The Labute approximate surface area is 694 Å². The minimum atomic E-state index is -2.05. The van der Waals surface area contributed by atoms with Crippen LogP contribution in [0, 0.1) is 70.3 Å². The molecule has 0 saturated carbocycles. The molecule has 0 aliphatic carbocycles. The third kappa shape index (κ3) is 18.2. The molecule has 0 nitrogen and oxygen atoms in total. The molecule has 0 unspecified atom stereocenters. The first-order chi connectivity index (χ1) is 57.2. The minimum Gasteiger partial charge on any atom is -0.126 e. The standard InChI is InChI=1S/C114H114Si2/c1-7-13-19-41-65-115(66-42-20-14-8-2,67-43-21-15-9-3)71-63-101-111-81-93-55-33-29-51-89(93)77-107(111)99(108-78-90-52-30-34-56-94(90)82-112(101)108)61-39-37-59-97-103-73-85-47-25-27-49-87(85)75-105(103)98(106-76-88-50-28-26-48-86(88)74-104(97)106)60-38-40-62-100-109-79-91-53-31-35-57-95(91)83-113(109)102(114-84-96-58-36-32-54-92(96)80-110(100)114)64-72-116(68-44-22-16-10-4,69-45-23-17-11-5)70-46-24-18-12-6/h25-36,47-58,73-84H,7-24,41-46,65-70H2,1-6H3. The fraction of sp³-hybridized carbons (Fsp3) is 0.316. The van der Waals surface area contributed by atoms with Gasteiger partial charge >= 0.3 is 0 Å². The fourth-order valence-corrected chi connectivity index (χ4v) is 27.4. The fourth-order valence-electron chi connectivity index (χ4n) is 18.8. The first kappa shape index (κ1) is 80.4. The van der Waals surface area contributed by atoms with Crippen LogP contribution in [0.25, 0.3) is 129 Å². The van der Waals surface area contributed by atoms with E-state index < -0.39 is 16.1 Å². The Morgan fingerprint density at radius 2 is 0.310 bits per heavy atom. The normalized spacial score (nSPS) is 11.6. The number of unbranched alkanes of at least 4 members (excludes halogenated alkanes) is 18. The Bertz CT molecular complexity index is 5820. The maximum absolute atomic E-state index is 4.39. The van der Waals surface area contributed by atoms with Crippen LogP contribution in [0.4, 0.5) is 0 Å². The molecule has 578 valence electrons. The van der Waals surface area contributed by atoms with Crippen molar-refractivity contribution in [3.8, 4) is 70.3 Å². The van der Waals surface area contributed by atoms with Crippen molar-refractivity contribution in [3.63, 3.8) is 0 Å². The van der Waals surface area contributed by atoms with E-state index in [9.17, 15) is 0 Å². The Kier molecular flexibility index (Phi) is 26.9. The lowest BCUT2D eigenvalue weighted by Gasteiger charge is -2.27. The molecule has 0 heterocycles. The lowest BCUT2D eigenvalue weighted by atomic mass is 9.88. The van der Waals surface area contributed by atoms with Gasteiger partial charge in [-0.05, 0) is 262 Å². The predicted molar refractivity (Wildman–Crippen MR) is 516 cm³/mol. The van der Waals surface area contributed by atoms with E-state index >= 15 is 0 Å². The van der Waals surface area contributed by atoms with Crippen molar-refractivity contribution in [2.45, 2.75) is 232 Å². The molecule has 0 saturated heterocycles. The van der Waals surface area contributed by atoms with Crippen LogP contribution in [0.3, 0.4) is 0 Å². The number of fused-ring (bicyclic) bond motifs is 12. The first-order valence-electron chi connectivity index (χ1n) is 44.8. The van der Waals surface area contributed by atoms with Crippen molar-refractivity contribution >= 4 is 145 Å². The molecule has 15 aromatic rings. The largest absolute Gasteiger partial charge is 0.138 e. The van der Waals surface area contributed by atoms with E-state index in [4.69, 9.17) is 0 Å². The highest BCUT2D eigenvalue weighted by Gasteiger charge is 2.32. The molecule has 116 heavy (non-hydrogen) atoms. The maximum Gasteiger partial charge on any atom is 0.138 e. The molecule has 2 heteroatoms. The van der Waals surface area contributed by atoms with Crippen LogP contribution in [-0.4, -0.2) is 16.1 Å². The van der Waals surface area contributed by atoms with Gasteiger partial charge in [0.05, 0.1) is 0 Å². The highest BCUT2D eigenvalue weighted by molar-refractivity contribution is 6.88. The van der Waals surface area contributed by atoms with E-state index in [2.05, 4.69) is 330 Å². The van der Waals surface area contributed by atoms with Crippen molar-refractivity contribution in [3.05, 3.63) is 252 Å². The third-order valence-electron chi connectivity index (χ3n) is 25.4. The van der Waals surface area contributed by atoms with Crippen molar-refractivity contribution in [1.29, 1.82) is 0 Å². The van der Waals surface area contributed by atoms with Crippen LogP contribution < -0.4 is 0 Å². The number of rotatable bonds is 30. The zero-order valence-electron chi connectivity index (χ0n) is 70.0. The molecular formula is C114H114Si2. The number of hydrogen-bond donors (Lipinski definition) is 0. The monoisotopic (exact) mass is 1540 g/mol. The molecule has 0 fully saturated rings. The van der Waals surface area contributed by atoms with E-state index in [1.54, 1.807) is 0 Å². The summed E-state index contributed by atoms with van der Waals surface area (Å²) in [4.78, 5) is 0. The van der Waals surface area contributed by atoms with E-state index in [0.717, 1.165) is 98.0 Å². The molecule has 0 bridgehead atoms. The average molecular weight is 1540 g/mol. The molecule has 15 rings (SSSR count). The molecule has 0 radical (unpaired) electrons. The van der Waals surface area contributed by atoms with E-state index in [0.29, 0.717) is 0 Å². The van der Waals surface area contributed by atoms with Crippen molar-refractivity contribution in [1.82, 2.24) is 0 Å². The summed E-state index contributed by atoms with van der Waals surface area (Å²) in [6.07, 6.45) is 30.8. The first-order valence-corrected chi connectivity index (χ1v) is 50.0. The topological polar surface area (TPSA) is 0 Å². The summed E-state index contributed by atoms with van der Waals surface area (Å²) in [5.74, 6) is 38.0. The van der Waals surface area contributed by atoms with E-state index in [1.807, 2.05) is 0 Å². The maximum atomic E-state index is 4.39. The van der Waals surface area contributed by atoms with Crippen LogP contribution in [-0.2, 0) is 0 Å². The summed E-state index contributed by atoms with van der Waals surface area (Å²) >= 11 is 0. The summed E-state index contributed by atoms with van der Waals surface area (Å²) in [6.45, 7) is 14.0. The van der Waals surface area contributed by atoms with Gasteiger partial charge in [0.25, 0.3) is 0 Å². The van der Waals surface area contributed by atoms with Gasteiger partial charge in [-0.1, -0.05) is 377 Å². The van der Waals surface area contributed by atoms with Crippen LogP contribution >= 0.6 is 0 Å². The van der Waals surface area contributed by atoms with Gasteiger partial charge in [-0.3, -0.25) is 0 Å². The molecule has 15 aromatic carbocycles. The third-order valence-corrected chi connectivity index (χ3v) is 34.6. The van der Waals surface area contributed by atoms with Gasteiger partial charge in [0.1, 0.15) is 16.1 Å². The molecule has 0 N–H and O–H groups in total. The van der Waals surface area contributed by atoms with Gasteiger partial charge in [0.2, 0.25) is 0 Å². The highest BCUT2D eigenvalue weighted by atomic mass is 28.3. The lowest BCUT2D eigenvalue weighted by Crippen LogP contribution is -2.32. The van der Waals surface area contributed by atoms with Crippen molar-refractivity contribution in [2.75, 3.05) is 0 Å². The highest BCUT2D eigenvalue weighted by Crippen LogP contribution is 2.43. The van der Waals surface area contributed by atoms with Crippen molar-refractivity contribution in [2.24, 2.45) is 0 Å². The summed E-state index contributed by atoms with van der Waals surface area (Å²) < 4.78 is 0. The summed E-state index contributed by atoms with van der Waals surface area (Å²) in [5, 5.41) is 27.6. The summed E-state index contributed by atoms with van der Waals surface area (Å²) in [7, 11) is -4.11. The Morgan fingerprint density at radius 3 is 0.448 bits per heavy atom. The summed E-state index contributed by atoms with van der Waals surface area (Å²) in [5.41, 5.74) is 14.9. The minimum absolute atomic E-state index is 0.937. The van der Waals surface area contributed by atoms with Crippen molar-refractivity contribution < 1.29 is 0 Å². The Balaban J connectivity index is 0.909. The van der Waals surface area contributed by atoms with Gasteiger partial charge in [-0.15, -0.1) is 11.1 Å². The Morgan fingerprint density at radius 1 is 0.172 bits per heavy atom. The zero-order valence-corrected chi connectivity index (χ0v) is 72.0.